The number of aromatic nitrogens is 3. The number of thiazole rings is 1. The van der Waals surface area contributed by atoms with Crippen molar-refractivity contribution in [3.05, 3.63) is 63.7 Å². The van der Waals surface area contributed by atoms with Gasteiger partial charge >= 0.3 is 5.97 Å². The molecule has 0 aliphatic rings. The smallest absolute Gasteiger partial charge is 0.358 e. The van der Waals surface area contributed by atoms with Gasteiger partial charge in [0, 0.05) is 16.0 Å². The van der Waals surface area contributed by atoms with E-state index < -0.39 is 5.97 Å². The van der Waals surface area contributed by atoms with Crippen molar-refractivity contribution in [1.82, 2.24) is 15.1 Å². The Kier molecular flexibility index (Phi) is 4.79. The quantitative estimate of drug-likeness (QED) is 0.439. The Bertz CT molecular complexity index is 1040. The molecule has 130 valence electrons. The van der Waals surface area contributed by atoms with Crippen LogP contribution in [0.4, 0.5) is 0 Å². The molecule has 0 atom stereocenters. The van der Waals surface area contributed by atoms with Crippen LogP contribution >= 0.6 is 34.3 Å². The largest absolute Gasteiger partial charge is 0.453 e. The Balaban J connectivity index is 1.41. The van der Waals surface area contributed by atoms with Crippen LogP contribution in [0.5, 0.6) is 0 Å². The molecule has 0 bridgehead atoms. The minimum absolute atomic E-state index is 0.0856. The molecule has 26 heavy (non-hydrogen) atoms. The molecular weight excluding hydrogens is 394 g/mol. The fourth-order valence-corrected chi connectivity index (χ4v) is 3.76. The SMILES string of the molecule is O=C(OCc1noc(-c2cccs2)n1)c1csc(-c2cccc(Cl)c2)n1. The zero-order chi connectivity index (χ0) is 17.9. The van der Waals surface area contributed by atoms with Gasteiger partial charge in [-0.1, -0.05) is 35.0 Å². The molecule has 0 aliphatic heterocycles. The molecule has 3 aromatic heterocycles. The number of rotatable bonds is 5. The third-order valence-electron chi connectivity index (χ3n) is 3.32. The molecule has 9 heteroatoms. The minimum atomic E-state index is -0.544. The van der Waals surface area contributed by atoms with Gasteiger partial charge in [-0.15, -0.1) is 22.7 Å². The number of carbonyl (C=O) groups is 1. The van der Waals surface area contributed by atoms with Crippen molar-refractivity contribution < 1.29 is 14.1 Å². The molecule has 0 saturated carbocycles. The van der Waals surface area contributed by atoms with Crippen LogP contribution < -0.4 is 0 Å². The first-order chi connectivity index (χ1) is 12.7. The molecule has 0 N–H and O–H groups in total. The highest BCUT2D eigenvalue weighted by molar-refractivity contribution is 7.13. The number of esters is 1. The van der Waals surface area contributed by atoms with Crippen molar-refractivity contribution in [2.75, 3.05) is 0 Å². The number of ether oxygens (including phenoxy) is 1. The van der Waals surface area contributed by atoms with Gasteiger partial charge in [-0.05, 0) is 23.6 Å². The summed E-state index contributed by atoms with van der Waals surface area (Å²) >= 11 is 8.82. The fraction of sp³-hybridized carbons (Fsp3) is 0.0588. The molecule has 0 radical (unpaired) electrons. The van der Waals surface area contributed by atoms with Gasteiger partial charge in [-0.25, -0.2) is 9.78 Å². The molecule has 0 aliphatic carbocycles. The predicted octanol–water partition coefficient (Wildman–Crippen LogP) is 4.93. The summed E-state index contributed by atoms with van der Waals surface area (Å²) in [6, 6.07) is 11.1. The minimum Gasteiger partial charge on any atom is -0.453 e. The van der Waals surface area contributed by atoms with Crippen LogP contribution in [0.1, 0.15) is 16.3 Å². The number of hydrogen-bond acceptors (Lipinski definition) is 8. The van der Waals surface area contributed by atoms with Gasteiger partial charge in [0.25, 0.3) is 5.89 Å². The highest BCUT2D eigenvalue weighted by atomic mass is 35.5. The van der Waals surface area contributed by atoms with Crippen molar-refractivity contribution in [2.24, 2.45) is 0 Å². The van der Waals surface area contributed by atoms with Crippen LogP contribution in [0.15, 0.2) is 51.7 Å². The van der Waals surface area contributed by atoms with Crippen molar-refractivity contribution in [3.63, 3.8) is 0 Å². The van der Waals surface area contributed by atoms with E-state index in [0.29, 0.717) is 21.7 Å². The lowest BCUT2D eigenvalue weighted by atomic mass is 10.2. The van der Waals surface area contributed by atoms with E-state index in [1.54, 1.807) is 17.5 Å². The molecule has 6 nitrogen and oxygen atoms in total. The zero-order valence-electron chi connectivity index (χ0n) is 13.1. The van der Waals surface area contributed by atoms with Crippen molar-refractivity contribution >= 4 is 40.2 Å². The standard InChI is InChI=1S/C17H10ClN3O3S2/c18-11-4-1-3-10(7-11)16-19-12(9-26-16)17(22)23-8-14-20-15(24-21-14)13-5-2-6-25-13/h1-7,9H,8H2. The van der Waals surface area contributed by atoms with E-state index in [9.17, 15) is 4.79 Å². The van der Waals surface area contributed by atoms with E-state index in [-0.39, 0.29) is 12.3 Å². The van der Waals surface area contributed by atoms with E-state index in [4.69, 9.17) is 20.9 Å². The number of carbonyl (C=O) groups excluding carboxylic acids is 1. The van der Waals surface area contributed by atoms with Crippen LogP contribution in [0.25, 0.3) is 21.3 Å². The molecule has 0 saturated heterocycles. The normalized spacial score (nSPS) is 10.8. The Labute approximate surface area is 161 Å². The monoisotopic (exact) mass is 403 g/mol. The maximum Gasteiger partial charge on any atom is 0.358 e. The van der Waals surface area contributed by atoms with E-state index in [1.165, 1.54) is 22.7 Å². The lowest BCUT2D eigenvalue weighted by Gasteiger charge is -1.99. The van der Waals surface area contributed by atoms with Gasteiger partial charge in [-0.2, -0.15) is 4.98 Å². The Hall–Kier alpha value is -2.55. The van der Waals surface area contributed by atoms with Crippen LogP contribution in [-0.2, 0) is 11.3 Å². The number of nitrogens with zero attached hydrogens (tertiary/aromatic N) is 3. The topological polar surface area (TPSA) is 78.1 Å². The third kappa shape index (κ3) is 3.67. The maximum atomic E-state index is 12.2. The lowest BCUT2D eigenvalue weighted by molar-refractivity contribution is 0.0454. The Morgan fingerprint density at radius 1 is 1.19 bits per heavy atom. The Morgan fingerprint density at radius 2 is 2.12 bits per heavy atom. The summed E-state index contributed by atoms with van der Waals surface area (Å²) in [5, 5.41) is 8.68. The lowest BCUT2D eigenvalue weighted by Crippen LogP contribution is -2.06. The van der Waals surface area contributed by atoms with Crippen LogP contribution in [-0.4, -0.2) is 21.1 Å². The molecule has 4 rings (SSSR count). The average Bonchev–Trinajstić information content (AvgIpc) is 3.40. The summed E-state index contributed by atoms with van der Waals surface area (Å²) in [6.07, 6.45) is 0. The van der Waals surface area contributed by atoms with Crippen LogP contribution in [0.2, 0.25) is 5.02 Å². The van der Waals surface area contributed by atoms with E-state index in [2.05, 4.69) is 15.1 Å². The van der Waals surface area contributed by atoms with Gasteiger partial charge in [0.2, 0.25) is 5.82 Å². The second kappa shape index (κ2) is 7.36. The molecule has 1 aromatic carbocycles. The van der Waals surface area contributed by atoms with Crippen molar-refractivity contribution in [3.8, 4) is 21.3 Å². The molecule has 4 aromatic rings. The second-order valence-corrected chi connectivity index (χ2v) is 7.36. The number of hydrogen-bond donors (Lipinski definition) is 0. The molecule has 0 amide bonds. The first-order valence-electron chi connectivity index (χ1n) is 7.44. The highest BCUT2D eigenvalue weighted by Crippen LogP contribution is 2.26. The fourth-order valence-electron chi connectivity index (χ4n) is 2.14. The maximum absolute atomic E-state index is 12.2. The third-order valence-corrected chi connectivity index (χ3v) is 5.30. The molecule has 0 unspecified atom stereocenters. The Morgan fingerprint density at radius 3 is 2.92 bits per heavy atom. The molecule has 0 fully saturated rings. The summed E-state index contributed by atoms with van der Waals surface area (Å²) in [5.41, 5.74) is 1.08. The molecular formula is C17H10ClN3O3S2. The van der Waals surface area contributed by atoms with Crippen LogP contribution in [0, 0.1) is 0 Å². The first-order valence-corrected chi connectivity index (χ1v) is 9.58. The van der Waals surface area contributed by atoms with E-state index >= 15 is 0 Å². The first kappa shape index (κ1) is 16.9. The van der Waals surface area contributed by atoms with Gasteiger partial charge < -0.3 is 9.26 Å². The number of benzene rings is 1. The number of thiophene rings is 1. The van der Waals surface area contributed by atoms with Crippen molar-refractivity contribution in [1.29, 1.82) is 0 Å². The number of halogens is 1. The second-order valence-electron chi connectivity index (χ2n) is 5.12. The highest BCUT2D eigenvalue weighted by Gasteiger charge is 2.16. The zero-order valence-corrected chi connectivity index (χ0v) is 15.5. The summed E-state index contributed by atoms with van der Waals surface area (Å²) in [6.45, 7) is -0.0856. The predicted molar refractivity (Wildman–Crippen MR) is 99.3 cm³/mol. The summed E-state index contributed by atoms with van der Waals surface area (Å²) in [5.74, 6) is 0.159. The van der Waals surface area contributed by atoms with Gasteiger partial charge in [-0.3, -0.25) is 0 Å². The van der Waals surface area contributed by atoms with Gasteiger partial charge in [0.15, 0.2) is 12.3 Å². The molecule has 3 heterocycles. The van der Waals surface area contributed by atoms with Crippen molar-refractivity contribution in [2.45, 2.75) is 6.61 Å². The average molecular weight is 404 g/mol. The van der Waals surface area contributed by atoms with Gasteiger partial charge in [0.1, 0.15) is 5.01 Å². The van der Waals surface area contributed by atoms with E-state index in [0.717, 1.165) is 10.4 Å². The van der Waals surface area contributed by atoms with E-state index in [1.807, 2.05) is 29.6 Å². The summed E-state index contributed by atoms with van der Waals surface area (Å²) in [7, 11) is 0. The summed E-state index contributed by atoms with van der Waals surface area (Å²) in [4.78, 5) is 21.5. The van der Waals surface area contributed by atoms with Gasteiger partial charge in [0.05, 0.1) is 4.88 Å². The molecule has 0 spiro atoms. The van der Waals surface area contributed by atoms with Crippen LogP contribution in [0.3, 0.4) is 0 Å². The summed E-state index contributed by atoms with van der Waals surface area (Å²) < 4.78 is 10.4.